The highest BCUT2D eigenvalue weighted by molar-refractivity contribution is 5.90. The number of carbonyl (C=O) groups is 2. The maximum absolute atomic E-state index is 12.9. The number of anilines is 1. The van der Waals surface area contributed by atoms with E-state index in [1.165, 1.54) is 22.7 Å². The van der Waals surface area contributed by atoms with Crippen LogP contribution in [0.2, 0.25) is 0 Å². The summed E-state index contributed by atoms with van der Waals surface area (Å²) in [6.45, 7) is 5.25. The van der Waals surface area contributed by atoms with Crippen LogP contribution < -0.4 is 10.4 Å². The average Bonchev–Trinajstić information content (AvgIpc) is 3.46. The molecule has 218 valence electrons. The van der Waals surface area contributed by atoms with Gasteiger partial charge in [-0.15, -0.1) is 0 Å². The topological polar surface area (TPSA) is 101 Å². The van der Waals surface area contributed by atoms with E-state index in [0.717, 1.165) is 42.7 Å². The molecule has 3 aromatic carbocycles. The molecule has 0 saturated carbocycles. The van der Waals surface area contributed by atoms with E-state index >= 15 is 0 Å². The number of amides is 2. The van der Waals surface area contributed by atoms with E-state index in [-0.39, 0.29) is 6.09 Å². The summed E-state index contributed by atoms with van der Waals surface area (Å²) in [6.07, 6.45) is 5.59. The number of hydroxylamine groups is 1. The highest BCUT2D eigenvalue weighted by Crippen LogP contribution is 2.19. The van der Waals surface area contributed by atoms with E-state index in [9.17, 15) is 9.59 Å². The second-order valence-corrected chi connectivity index (χ2v) is 10.4. The predicted octanol–water partition coefficient (Wildman–Crippen LogP) is 4.69. The molecule has 0 aliphatic carbocycles. The second kappa shape index (κ2) is 14.3. The normalized spacial score (nSPS) is 13.7. The van der Waals surface area contributed by atoms with Crippen molar-refractivity contribution in [3.05, 3.63) is 108 Å². The number of ether oxygens (including phenoxy) is 1. The fraction of sp³-hybridized carbons (Fsp3) is 0.273. The standard InChI is InChI=1S/C33H37N5O4/c39-32(35-41)15-14-26-10-12-27(13-11-26)25-36(17-16-28-24-34-31-9-5-4-8-30(28)31)22-23-42-33(40)38-20-18-37(19-21-38)29-6-2-1-3-7-29/h1-15,24,34,41H,16-23,25H2,(H,35,39). The largest absolute Gasteiger partial charge is 0.448 e. The number of piperazine rings is 1. The zero-order valence-corrected chi connectivity index (χ0v) is 23.6. The Morgan fingerprint density at radius 3 is 2.43 bits per heavy atom. The third kappa shape index (κ3) is 7.78. The molecule has 4 aromatic rings. The number of fused-ring (bicyclic) bond motifs is 1. The number of nitrogens with zero attached hydrogens (tertiary/aromatic N) is 3. The number of hydrogen-bond acceptors (Lipinski definition) is 6. The van der Waals surface area contributed by atoms with Gasteiger partial charge in [0.25, 0.3) is 5.91 Å². The van der Waals surface area contributed by atoms with Gasteiger partial charge < -0.3 is 19.5 Å². The molecule has 0 bridgehead atoms. The van der Waals surface area contributed by atoms with Crippen molar-refractivity contribution in [3.8, 4) is 0 Å². The first-order valence-electron chi connectivity index (χ1n) is 14.3. The molecule has 0 radical (unpaired) electrons. The fourth-order valence-electron chi connectivity index (χ4n) is 5.23. The first-order valence-corrected chi connectivity index (χ1v) is 14.3. The summed E-state index contributed by atoms with van der Waals surface area (Å²) in [5.41, 5.74) is 7.12. The number of aromatic nitrogens is 1. The number of hydrogen-bond donors (Lipinski definition) is 3. The molecule has 1 saturated heterocycles. The summed E-state index contributed by atoms with van der Waals surface area (Å²) in [5.74, 6) is -0.574. The number of para-hydroxylation sites is 2. The number of nitrogens with one attached hydrogen (secondary N) is 2. The summed E-state index contributed by atoms with van der Waals surface area (Å²) < 4.78 is 5.74. The van der Waals surface area contributed by atoms with E-state index in [1.54, 1.807) is 16.5 Å². The van der Waals surface area contributed by atoms with Crippen LogP contribution in [-0.2, 0) is 22.5 Å². The van der Waals surface area contributed by atoms with Gasteiger partial charge in [0.1, 0.15) is 6.61 Å². The van der Waals surface area contributed by atoms with Crippen LogP contribution in [0.1, 0.15) is 16.7 Å². The van der Waals surface area contributed by atoms with Crippen molar-refractivity contribution in [2.24, 2.45) is 0 Å². The number of benzene rings is 3. The van der Waals surface area contributed by atoms with Gasteiger partial charge in [0.05, 0.1) is 0 Å². The molecular formula is C33H37N5O4. The first-order chi connectivity index (χ1) is 20.6. The van der Waals surface area contributed by atoms with Gasteiger partial charge in [-0.1, -0.05) is 60.7 Å². The molecule has 3 N–H and O–H groups in total. The zero-order chi connectivity index (χ0) is 29.1. The smallest absolute Gasteiger partial charge is 0.409 e. The maximum atomic E-state index is 12.9. The van der Waals surface area contributed by atoms with Gasteiger partial charge in [-0.05, 0) is 47.4 Å². The summed E-state index contributed by atoms with van der Waals surface area (Å²) in [7, 11) is 0. The number of carbonyl (C=O) groups excluding carboxylic acids is 2. The summed E-state index contributed by atoms with van der Waals surface area (Å²) in [5, 5.41) is 9.90. The molecule has 0 unspecified atom stereocenters. The summed E-state index contributed by atoms with van der Waals surface area (Å²) in [4.78, 5) is 33.9. The van der Waals surface area contributed by atoms with Crippen molar-refractivity contribution in [2.75, 3.05) is 50.8 Å². The Kier molecular flexibility index (Phi) is 9.87. The molecule has 5 rings (SSSR count). The van der Waals surface area contributed by atoms with Gasteiger partial charge in [-0.25, -0.2) is 10.3 Å². The van der Waals surface area contributed by atoms with Crippen molar-refractivity contribution in [1.29, 1.82) is 0 Å². The van der Waals surface area contributed by atoms with Crippen LogP contribution >= 0.6 is 0 Å². The molecule has 1 fully saturated rings. The molecule has 1 aliphatic heterocycles. The molecule has 0 atom stereocenters. The molecular weight excluding hydrogens is 530 g/mol. The SMILES string of the molecule is O=C(C=Cc1ccc(CN(CCOC(=O)N2CCN(c3ccccc3)CC2)CCc2c[nH]c3ccccc23)cc1)NO. The van der Waals surface area contributed by atoms with Crippen LogP contribution in [0.4, 0.5) is 10.5 Å². The Morgan fingerprint density at radius 2 is 1.67 bits per heavy atom. The molecule has 9 nitrogen and oxygen atoms in total. The molecule has 0 spiro atoms. The molecule has 9 heteroatoms. The van der Waals surface area contributed by atoms with Crippen molar-refractivity contribution < 1.29 is 19.5 Å². The van der Waals surface area contributed by atoms with E-state index in [4.69, 9.17) is 9.94 Å². The Hall–Kier alpha value is -4.60. The molecule has 1 aromatic heterocycles. The van der Waals surface area contributed by atoms with Gasteiger partial charge in [0.15, 0.2) is 0 Å². The van der Waals surface area contributed by atoms with Crippen LogP contribution in [0.3, 0.4) is 0 Å². The Labute approximate surface area is 245 Å². The molecule has 1 aliphatic rings. The van der Waals surface area contributed by atoms with E-state index < -0.39 is 5.91 Å². The summed E-state index contributed by atoms with van der Waals surface area (Å²) >= 11 is 0. The van der Waals surface area contributed by atoms with E-state index in [2.05, 4.69) is 51.3 Å². The maximum Gasteiger partial charge on any atom is 0.409 e. The van der Waals surface area contributed by atoms with Crippen molar-refractivity contribution in [2.45, 2.75) is 13.0 Å². The molecule has 42 heavy (non-hydrogen) atoms. The number of rotatable bonds is 11. The highest BCUT2D eigenvalue weighted by Gasteiger charge is 2.22. The van der Waals surface area contributed by atoms with Crippen molar-refractivity contribution in [1.82, 2.24) is 20.3 Å². The van der Waals surface area contributed by atoms with Crippen LogP contribution in [0, 0.1) is 0 Å². The van der Waals surface area contributed by atoms with Gasteiger partial charge in [-0.3, -0.25) is 14.9 Å². The van der Waals surface area contributed by atoms with Gasteiger partial charge in [-0.2, -0.15) is 0 Å². The molecule has 2 amide bonds. The minimum absolute atomic E-state index is 0.262. The zero-order valence-electron chi connectivity index (χ0n) is 23.6. The highest BCUT2D eigenvalue weighted by atomic mass is 16.6. The minimum Gasteiger partial charge on any atom is -0.448 e. The van der Waals surface area contributed by atoms with E-state index in [0.29, 0.717) is 32.8 Å². The van der Waals surface area contributed by atoms with Crippen molar-refractivity contribution in [3.63, 3.8) is 0 Å². The number of H-pyrrole nitrogens is 1. The first kappa shape index (κ1) is 28.9. The summed E-state index contributed by atoms with van der Waals surface area (Å²) in [6, 6.07) is 26.5. The van der Waals surface area contributed by atoms with Crippen LogP contribution in [0.25, 0.3) is 17.0 Å². The quantitative estimate of drug-likeness (QED) is 0.138. The predicted molar refractivity (Wildman–Crippen MR) is 164 cm³/mol. The van der Waals surface area contributed by atoms with Gasteiger partial charge in [0.2, 0.25) is 0 Å². The van der Waals surface area contributed by atoms with Crippen molar-refractivity contribution >= 4 is 34.7 Å². The van der Waals surface area contributed by atoms with Gasteiger partial charge in [0, 0.05) is 74.7 Å². The molecule has 2 heterocycles. The van der Waals surface area contributed by atoms with Crippen LogP contribution in [-0.4, -0.2) is 77.9 Å². The fourth-order valence-corrected chi connectivity index (χ4v) is 5.23. The Morgan fingerprint density at radius 1 is 0.929 bits per heavy atom. The Balaban J connectivity index is 1.16. The lowest BCUT2D eigenvalue weighted by molar-refractivity contribution is -0.124. The lowest BCUT2D eigenvalue weighted by Gasteiger charge is -2.35. The van der Waals surface area contributed by atoms with Crippen LogP contribution in [0.15, 0.2) is 91.1 Å². The Bertz CT molecular complexity index is 1480. The third-order valence-electron chi connectivity index (χ3n) is 7.59. The second-order valence-electron chi connectivity index (χ2n) is 10.4. The monoisotopic (exact) mass is 567 g/mol. The van der Waals surface area contributed by atoms with E-state index in [1.807, 2.05) is 48.5 Å². The lowest BCUT2D eigenvalue weighted by Crippen LogP contribution is -2.49. The number of aromatic amines is 1. The van der Waals surface area contributed by atoms with Gasteiger partial charge >= 0.3 is 6.09 Å². The average molecular weight is 568 g/mol. The van der Waals surface area contributed by atoms with Crippen LogP contribution in [0.5, 0.6) is 0 Å². The third-order valence-corrected chi connectivity index (χ3v) is 7.59. The lowest BCUT2D eigenvalue weighted by atomic mass is 10.1. The minimum atomic E-state index is -0.574.